The standard InChI is InChI=1S/C15H13F3N2OS/c1-9-12(7-8-13(19-9)15(16,17)18)14(21)20-10-3-5-11(22-2)6-4-10/h3-8H,1-2H3,(H,20,21). The van der Waals surface area contributed by atoms with Gasteiger partial charge in [-0.2, -0.15) is 13.2 Å². The number of aromatic nitrogens is 1. The summed E-state index contributed by atoms with van der Waals surface area (Å²) in [6.07, 6.45) is -2.59. The van der Waals surface area contributed by atoms with E-state index in [2.05, 4.69) is 10.3 Å². The zero-order valence-corrected chi connectivity index (χ0v) is 12.7. The summed E-state index contributed by atoms with van der Waals surface area (Å²) in [5, 5.41) is 2.64. The summed E-state index contributed by atoms with van der Waals surface area (Å²) in [6, 6.07) is 9.10. The van der Waals surface area contributed by atoms with E-state index in [0.717, 1.165) is 17.0 Å². The minimum atomic E-state index is -4.52. The summed E-state index contributed by atoms with van der Waals surface area (Å²) >= 11 is 1.57. The van der Waals surface area contributed by atoms with Gasteiger partial charge in [0.15, 0.2) is 0 Å². The van der Waals surface area contributed by atoms with Crippen LogP contribution in [0, 0.1) is 6.92 Å². The monoisotopic (exact) mass is 326 g/mol. The minimum absolute atomic E-state index is 0.0352. The average Bonchev–Trinajstić information content (AvgIpc) is 2.46. The number of halogens is 3. The van der Waals surface area contributed by atoms with Crippen LogP contribution in [0.1, 0.15) is 21.7 Å². The molecule has 0 saturated carbocycles. The molecule has 0 aliphatic heterocycles. The topological polar surface area (TPSA) is 42.0 Å². The highest BCUT2D eigenvalue weighted by atomic mass is 32.2. The van der Waals surface area contributed by atoms with Gasteiger partial charge < -0.3 is 5.32 Å². The maximum Gasteiger partial charge on any atom is 0.433 e. The van der Waals surface area contributed by atoms with Crippen LogP contribution in [0.5, 0.6) is 0 Å². The number of hydrogen-bond acceptors (Lipinski definition) is 3. The van der Waals surface area contributed by atoms with Gasteiger partial charge in [-0.1, -0.05) is 0 Å². The van der Waals surface area contributed by atoms with Gasteiger partial charge in [0, 0.05) is 10.6 Å². The van der Waals surface area contributed by atoms with Crippen LogP contribution in [0.2, 0.25) is 0 Å². The van der Waals surface area contributed by atoms with Crippen molar-refractivity contribution in [3.05, 3.63) is 53.3 Å². The molecule has 0 unspecified atom stereocenters. The van der Waals surface area contributed by atoms with Crippen LogP contribution >= 0.6 is 11.8 Å². The Balaban J connectivity index is 2.18. The zero-order chi connectivity index (χ0) is 16.3. The molecule has 1 N–H and O–H groups in total. The first-order valence-electron chi connectivity index (χ1n) is 6.31. The maximum absolute atomic E-state index is 12.6. The van der Waals surface area contributed by atoms with Crippen molar-refractivity contribution in [2.45, 2.75) is 18.0 Å². The predicted octanol–water partition coefficient (Wildman–Crippen LogP) is 4.38. The second-order valence-electron chi connectivity index (χ2n) is 4.51. The fraction of sp³-hybridized carbons (Fsp3) is 0.200. The first kappa shape index (κ1) is 16.4. The van der Waals surface area contributed by atoms with Crippen molar-refractivity contribution in [1.29, 1.82) is 0 Å². The Labute approximate surface area is 129 Å². The molecule has 1 aromatic carbocycles. The quantitative estimate of drug-likeness (QED) is 0.851. The van der Waals surface area contributed by atoms with Crippen LogP contribution in [-0.4, -0.2) is 17.1 Å². The van der Waals surface area contributed by atoms with Crippen LogP contribution in [-0.2, 0) is 6.18 Å². The van der Waals surface area contributed by atoms with Crippen LogP contribution in [0.25, 0.3) is 0 Å². The molecule has 0 spiro atoms. The summed E-state index contributed by atoms with van der Waals surface area (Å²) in [4.78, 5) is 16.6. The van der Waals surface area contributed by atoms with Gasteiger partial charge in [-0.25, -0.2) is 4.98 Å². The van der Waals surface area contributed by atoms with E-state index in [-0.39, 0.29) is 11.3 Å². The van der Waals surface area contributed by atoms with E-state index >= 15 is 0 Å². The maximum atomic E-state index is 12.6. The Hall–Kier alpha value is -2.02. The second-order valence-corrected chi connectivity index (χ2v) is 5.39. The molecule has 0 radical (unpaired) electrons. The number of carbonyl (C=O) groups is 1. The lowest BCUT2D eigenvalue weighted by atomic mass is 10.1. The van der Waals surface area contributed by atoms with Crippen LogP contribution < -0.4 is 5.32 Å². The largest absolute Gasteiger partial charge is 0.433 e. The van der Waals surface area contributed by atoms with E-state index in [1.165, 1.54) is 6.92 Å². The lowest BCUT2D eigenvalue weighted by Crippen LogP contribution is -2.16. The number of benzene rings is 1. The van der Waals surface area contributed by atoms with Crippen LogP contribution in [0.4, 0.5) is 18.9 Å². The molecule has 2 aromatic rings. The molecule has 1 amide bonds. The molecule has 0 saturated heterocycles. The third kappa shape index (κ3) is 3.79. The molecule has 1 heterocycles. The summed E-state index contributed by atoms with van der Waals surface area (Å²) in [5.74, 6) is -0.490. The number of nitrogens with zero attached hydrogens (tertiary/aromatic N) is 1. The van der Waals surface area contributed by atoms with Gasteiger partial charge in [-0.05, 0) is 49.6 Å². The number of nitrogens with one attached hydrogen (secondary N) is 1. The van der Waals surface area contributed by atoms with Crippen molar-refractivity contribution in [3.8, 4) is 0 Å². The Kier molecular flexibility index (Phi) is 4.75. The van der Waals surface area contributed by atoms with Gasteiger partial charge >= 0.3 is 6.18 Å². The molecule has 22 heavy (non-hydrogen) atoms. The number of thioether (sulfide) groups is 1. The van der Waals surface area contributed by atoms with E-state index in [9.17, 15) is 18.0 Å². The SMILES string of the molecule is CSc1ccc(NC(=O)c2ccc(C(F)(F)F)nc2C)cc1. The van der Waals surface area contributed by atoms with Crippen molar-refractivity contribution in [2.75, 3.05) is 11.6 Å². The number of carbonyl (C=O) groups excluding carboxylic acids is 1. The number of hydrogen-bond donors (Lipinski definition) is 1. The second kappa shape index (κ2) is 6.39. The Morgan fingerprint density at radius 2 is 1.77 bits per heavy atom. The third-order valence-corrected chi connectivity index (χ3v) is 3.71. The van der Waals surface area contributed by atoms with Gasteiger partial charge in [-0.15, -0.1) is 11.8 Å². The molecule has 3 nitrogen and oxygen atoms in total. The highest BCUT2D eigenvalue weighted by Crippen LogP contribution is 2.28. The normalized spacial score (nSPS) is 11.3. The van der Waals surface area contributed by atoms with E-state index in [1.807, 2.05) is 18.4 Å². The first-order chi connectivity index (χ1) is 10.3. The van der Waals surface area contributed by atoms with E-state index < -0.39 is 17.8 Å². The molecule has 0 fully saturated rings. The fourth-order valence-electron chi connectivity index (χ4n) is 1.83. The lowest BCUT2D eigenvalue weighted by Gasteiger charge is -2.10. The summed E-state index contributed by atoms with van der Waals surface area (Å²) in [5.41, 5.74) is -0.289. The van der Waals surface area contributed by atoms with Crippen LogP contribution in [0.15, 0.2) is 41.3 Å². The van der Waals surface area contributed by atoms with Crippen LogP contribution in [0.3, 0.4) is 0 Å². The third-order valence-electron chi connectivity index (χ3n) is 2.97. The minimum Gasteiger partial charge on any atom is -0.322 e. The first-order valence-corrected chi connectivity index (χ1v) is 7.54. The van der Waals surface area contributed by atoms with Gasteiger partial charge in [0.1, 0.15) is 5.69 Å². The fourth-order valence-corrected chi connectivity index (χ4v) is 2.24. The zero-order valence-electron chi connectivity index (χ0n) is 11.9. The average molecular weight is 326 g/mol. The Bertz CT molecular complexity index is 684. The smallest absolute Gasteiger partial charge is 0.322 e. The molecule has 0 atom stereocenters. The van der Waals surface area contributed by atoms with E-state index in [4.69, 9.17) is 0 Å². The molecule has 1 aromatic heterocycles. The van der Waals surface area contributed by atoms with Crippen molar-refractivity contribution in [2.24, 2.45) is 0 Å². The predicted molar refractivity (Wildman–Crippen MR) is 80.2 cm³/mol. The van der Waals surface area contributed by atoms with Gasteiger partial charge in [-0.3, -0.25) is 4.79 Å². The molecule has 7 heteroatoms. The number of anilines is 1. The lowest BCUT2D eigenvalue weighted by molar-refractivity contribution is -0.141. The summed E-state index contributed by atoms with van der Waals surface area (Å²) in [7, 11) is 0. The highest BCUT2D eigenvalue weighted by molar-refractivity contribution is 7.98. The molecule has 0 aliphatic carbocycles. The van der Waals surface area contributed by atoms with Gasteiger partial charge in [0.2, 0.25) is 0 Å². The molecule has 116 valence electrons. The molecule has 0 aliphatic rings. The number of pyridine rings is 1. The molecule has 0 bridgehead atoms. The van der Waals surface area contributed by atoms with Crippen molar-refractivity contribution in [1.82, 2.24) is 4.98 Å². The highest BCUT2D eigenvalue weighted by Gasteiger charge is 2.33. The van der Waals surface area contributed by atoms with E-state index in [0.29, 0.717) is 5.69 Å². The van der Waals surface area contributed by atoms with Crippen molar-refractivity contribution in [3.63, 3.8) is 0 Å². The van der Waals surface area contributed by atoms with Crippen molar-refractivity contribution < 1.29 is 18.0 Å². The summed E-state index contributed by atoms with van der Waals surface area (Å²) < 4.78 is 37.7. The Morgan fingerprint density at radius 3 is 2.27 bits per heavy atom. The van der Waals surface area contributed by atoms with Gasteiger partial charge in [0.05, 0.1) is 11.3 Å². The van der Waals surface area contributed by atoms with E-state index in [1.54, 1.807) is 23.9 Å². The molecule has 2 rings (SSSR count). The number of aryl methyl sites for hydroxylation is 1. The van der Waals surface area contributed by atoms with Gasteiger partial charge in [0.25, 0.3) is 5.91 Å². The number of amides is 1. The molecular formula is C15H13F3N2OS. The summed E-state index contributed by atoms with van der Waals surface area (Å²) in [6.45, 7) is 1.38. The Morgan fingerprint density at radius 1 is 1.14 bits per heavy atom. The molecular weight excluding hydrogens is 313 g/mol. The number of alkyl halides is 3. The van der Waals surface area contributed by atoms with Crippen molar-refractivity contribution >= 4 is 23.4 Å². The number of rotatable bonds is 3.